The molecule has 2 aromatic rings. The fourth-order valence-corrected chi connectivity index (χ4v) is 1.79. The van der Waals surface area contributed by atoms with Crippen molar-refractivity contribution in [2.75, 3.05) is 0 Å². The van der Waals surface area contributed by atoms with E-state index in [9.17, 15) is 4.39 Å². The average Bonchev–Trinajstić information content (AvgIpc) is 2.34. The molecule has 0 amide bonds. The minimum atomic E-state index is -0.208. The van der Waals surface area contributed by atoms with Crippen LogP contribution in [0.5, 0.6) is 0 Å². The first-order valence-corrected chi connectivity index (χ1v) is 5.82. The maximum Gasteiger partial charge on any atom is 0.123 e. The molecule has 0 bridgehead atoms. The van der Waals surface area contributed by atoms with Crippen molar-refractivity contribution in [3.63, 3.8) is 0 Å². The summed E-state index contributed by atoms with van der Waals surface area (Å²) in [6.07, 6.45) is 0. The highest BCUT2D eigenvalue weighted by molar-refractivity contribution is 6.31. The highest BCUT2D eigenvalue weighted by atomic mass is 35.5. The van der Waals surface area contributed by atoms with Crippen LogP contribution in [0.2, 0.25) is 5.02 Å². The summed E-state index contributed by atoms with van der Waals surface area (Å²) in [6, 6.07) is 14.2. The monoisotopic (exact) mass is 249 g/mol. The summed E-state index contributed by atoms with van der Waals surface area (Å²) in [6.45, 7) is 1.41. The van der Waals surface area contributed by atoms with Crippen LogP contribution >= 0.6 is 11.6 Å². The molecule has 0 radical (unpaired) electrons. The molecule has 0 aliphatic heterocycles. The van der Waals surface area contributed by atoms with E-state index < -0.39 is 0 Å². The summed E-state index contributed by atoms with van der Waals surface area (Å²) in [4.78, 5) is 0. The number of benzene rings is 2. The standard InChI is InChI=1S/C14H13ClFN/c15-14-4-2-1-3-12(14)10-17-9-11-5-7-13(16)8-6-11/h1-8,17H,9-10H2. The molecule has 0 heterocycles. The lowest BCUT2D eigenvalue weighted by Crippen LogP contribution is -2.12. The van der Waals surface area contributed by atoms with Crippen LogP contribution in [-0.2, 0) is 13.1 Å². The third-order valence-corrected chi connectivity index (χ3v) is 2.88. The van der Waals surface area contributed by atoms with Gasteiger partial charge in [0.05, 0.1) is 0 Å². The van der Waals surface area contributed by atoms with Crippen molar-refractivity contribution in [2.45, 2.75) is 13.1 Å². The zero-order chi connectivity index (χ0) is 12.1. The summed E-state index contributed by atoms with van der Waals surface area (Å²) in [5, 5.41) is 4.03. The van der Waals surface area contributed by atoms with Gasteiger partial charge in [-0.1, -0.05) is 41.9 Å². The SMILES string of the molecule is Fc1ccc(CNCc2ccccc2Cl)cc1. The van der Waals surface area contributed by atoms with E-state index in [0.29, 0.717) is 13.1 Å². The van der Waals surface area contributed by atoms with Crippen molar-refractivity contribution in [1.29, 1.82) is 0 Å². The summed E-state index contributed by atoms with van der Waals surface area (Å²) in [7, 11) is 0. The van der Waals surface area contributed by atoms with Crippen LogP contribution in [0, 0.1) is 5.82 Å². The molecule has 0 spiro atoms. The van der Waals surface area contributed by atoms with Gasteiger partial charge in [0.1, 0.15) is 5.82 Å². The van der Waals surface area contributed by atoms with Crippen LogP contribution in [0.25, 0.3) is 0 Å². The lowest BCUT2D eigenvalue weighted by atomic mass is 10.2. The van der Waals surface area contributed by atoms with E-state index in [2.05, 4.69) is 5.32 Å². The smallest absolute Gasteiger partial charge is 0.123 e. The minimum absolute atomic E-state index is 0.208. The summed E-state index contributed by atoms with van der Waals surface area (Å²) in [5.74, 6) is -0.208. The molecule has 1 nitrogen and oxygen atoms in total. The number of halogens is 2. The quantitative estimate of drug-likeness (QED) is 0.870. The lowest BCUT2D eigenvalue weighted by molar-refractivity contribution is 0.625. The Morgan fingerprint density at radius 3 is 2.35 bits per heavy atom. The van der Waals surface area contributed by atoms with Crippen LogP contribution < -0.4 is 5.32 Å². The molecule has 0 atom stereocenters. The molecule has 0 aromatic heterocycles. The molecule has 1 N–H and O–H groups in total. The van der Waals surface area contributed by atoms with Crippen molar-refractivity contribution >= 4 is 11.6 Å². The van der Waals surface area contributed by atoms with Crippen LogP contribution in [0.3, 0.4) is 0 Å². The van der Waals surface area contributed by atoms with Gasteiger partial charge in [-0.2, -0.15) is 0 Å². The Hall–Kier alpha value is -1.38. The van der Waals surface area contributed by atoms with Gasteiger partial charge >= 0.3 is 0 Å². The van der Waals surface area contributed by atoms with Crippen LogP contribution in [0.4, 0.5) is 4.39 Å². The lowest BCUT2D eigenvalue weighted by Gasteiger charge is -2.06. The van der Waals surface area contributed by atoms with Crippen LogP contribution in [0.15, 0.2) is 48.5 Å². The second kappa shape index (κ2) is 5.80. The highest BCUT2D eigenvalue weighted by Gasteiger charge is 1.98. The predicted molar refractivity (Wildman–Crippen MR) is 68.4 cm³/mol. The van der Waals surface area contributed by atoms with E-state index in [1.54, 1.807) is 12.1 Å². The van der Waals surface area contributed by atoms with E-state index in [4.69, 9.17) is 11.6 Å². The van der Waals surface area contributed by atoms with Gasteiger partial charge in [-0.05, 0) is 29.3 Å². The molecule has 0 saturated heterocycles. The Balaban J connectivity index is 1.88. The summed E-state index contributed by atoms with van der Waals surface area (Å²) < 4.78 is 12.7. The Morgan fingerprint density at radius 1 is 0.941 bits per heavy atom. The molecule has 0 saturated carbocycles. The Bertz CT molecular complexity index is 482. The molecule has 3 heteroatoms. The van der Waals surface area contributed by atoms with Gasteiger partial charge in [0.25, 0.3) is 0 Å². The number of nitrogens with one attached hydrogen (secondary N) is 1. The second-order valence-corrected chi connectivity index (χ2v) is 4.23. The van der Waals surface area contributed by atoms with E-state index in [-0.39, 0.29) is 5.82 Å². The summed E-state index contributed by atoms with van der Waals surface area (Å²) in [5.41, 5.74) is 2.12. The third-order valence-electron chi connectivity index (χ3n) is 2.52. The molecule has 2 aromatic carbocycles. The van der Waals surface area contributed by atoms with Crippen molar-refractivity contribution in [1.82, 2.24) is 5.32 Å². The predicted octanol–water partition coefficient (Wildman–Crippen LogP) is 3.77. The van der Waals surface area contributed by atoms with Crippen molar-refractivity contribution in [3.05, 3.63) is 70.5 Å². The first kappa shape index (κ1) is 12.1. The topological polar surface area (TPSA) is 12.0 Å². The number of rotatable bonds is 4. The molecule has 0 fully saturated rings. The van der Waals surface area contributed by atoms with Gasteiger partial charge < -0.3 is 5.32 Å². The maximum atomic E-state index is 12.7. The molecular weight excluding hydrogens is 237 g/mol. The fraction of sp³-hybridized carbons (Fsp3) is 0.143. The van der Waals surface area contributed by atoms with Crippen LogP contribution in [-0.4, -0.2) is 0 Å². The Morgan fingerprint density at radius 2 is 1.65 bits per heavy atom. The first-order valence-electron chi connectivity index (χ1n) is 5.44. The third kappa shape index (κ3) is 3.55. The number of hydrogen-bond acceptors (Lipinski definition) is 1. The van der Waals surface area contributed by atoms with Gasteiger partial charge in [0, 0.05) is 18.1 Å². The van der Waals surface area contributed by atoms with Gasteiger partial charge in [-0.15, -0.1) is 0 Å². The first-order chi connectivity index (χ1) is 8.25. The highest BCUT2D eigenvalue weighted by Crippen LogP contribution is 2.14. The second-order valence-electron chi connectivity index (χ2n) is 3.82. The fourth-order valence-electron chi connectivity index (χ4n) is 1.59. The Labute approximate surface area is 105 Å². The molecular formula is C14H13ClFN. The molecule has 2 rings (SSSR count). The Kier molecular flexibility index (Phi) is 4.13. The molecule has 0 aliphatic rings. The van der Waals surface area contributed by atoms with E-state index >= 15 is 0 Å². The van der Waals surface area contributed by atoms with E-state index in [1.165, 1.54) is 12.1 Å². The maximum absolute atomic E-state index is 12.7. The molecule has 88 valence electrons. The van der Waals surface area contributed by atoms with Gasteiger partial charge in [-0.25, -0.2) is 4.39 Å². The molecule has 0 unspecified atom stereocenters. The largest absolute Gasteiger partial charge is 0.309 e. The van der Waals surface area contributed by atoms with Crippen molar-refractivity contribution in [2.24, 2.45) is 0 Å². The average molecular weight is 250 g/mol. The number of hydrogen-bond donors (Lipinski definition) is 1. The zero-order valence-electron chi connectivity index (χ0n) is 9.29. The van der Waals surface area contributed by atoms with Crippen molar-refractivity contribution in [3.8, 4) is 0 Å². The van der Waals surface area contributed by atoms with E-state index in [0.717, 1.165) is 16.1 Å². The van der Waals surface area contributed by atoms with E-state index in [1.807, 2.05) is 24.3 Å². The zero-order valence-corrected chi connectivity index (χ0v) is 10.0. The normalized spacial score (nSPS) is 10.5. The van der Waals surface area contributed by atoms with Gasteiger partial charge in [0.2, 0.25) is 0 Å². The minimum Gasteiger partial charge on any atom is -0.309 e. The van der Waals surface area contributed by atoms with Gasteiger partial charge in [0.15, 0.2) is 0 Å². The summed E-state index contributed by atoms with van der Waals surface area (Å²) >= 11 is 6.04. The van der Waals surface area contributed by atoms with Crippen LogP contribution in [0.1, 0.15) is 11.1 Å². The molecule has 17 heavy (non-hydrogen) atoms. The molecule has 0 aliphatic carbocycles. The van der Waals surface area contributed by atoms with Gasteiger partial charge in [-0.3, -0.25) is 0 Å². The van der Waals surface area contributed by atoms with Crippen molar-refractivity contribution < 1.29 is 4.39 Å².